The number of ether oxygens (including phenoxy) is 2. The van der Waals surface area contributed by atoms with E-state index in [1.165, 1.54) is 77.0 Å². The Morgan fingerprint density at radius 2 is 1.38 bits per heavy atom. The van der Waals surface area contributed by atoms with Crippen LogP contribution in [0.1, 0.15) is 110 Å². The zero-order chi connectivity index (χ0) is 29.8. The summed E-state index contributed by atoms with van der Waals surface area (Å²) in [4.78, 5) is 0. The second kappa shape index (κ2) is 17.4. The van der Waals surface area contributed by atoms with E-state index in [1.807, 2.05) is 0 Å². The first kappa shape index (κ1) is 34.6. The van der Waals surface area contributed by atoms with Crippen molar-refractivity contribution < 1.29 is 9.47 Å². The highest BCUT2D eigenvalue weighted by Crippen LogP contribution is 2.68. The first-order valence-electron chi connectivity index (χ1n) is 18.3. The molecule has 246 valence electrons. The van der Waals surface area contributed by atoms with E-state index in [0.29, 0.717) is 35.4 Å². The molecule has 4 aliphatic rings. The highest BCUT2D eigenvalue weighted by atomic mass is 16.5. The summed E-state index contributed by atoms with van der Waals surface area (Å²) in [5.41, 5.74) is 18.1. The van der Waals surface area contributed by atoms with Gasteiger partial charge in [-0.2, -0.15) is 0 Å². The number of hydrogen-bond donors (Lipinski definition) is 5. The molecule has 0 bridgehead atoms. The molecule has 7 nitrogen and oxygen atoms in total. The predicted octanol–water partition coefficient (Wildman–Crippen LogP) is 4.81. The largest absolute Gasteiger partial charge is 0.378 e. The van der Waals surface area contributed by atoms with Crippen LogP contribution in [0.4, 0.5) is 0 Å². The van der Waals surface area contributed by atoms with Crippen molar-refractivity contribution in [1.82, 2.24) is 10.6 Å². The van der Waals surface area contributed by atoms with Crippen LogP contribution in [0.5, 0.6) is 0 Å². The molecule has 4 fully saturated rings. The molecule has 0 aromatic rings. The molecule has 7 heteroatoms. The second-order valence-corrected chi connectivity index (χ2v) is 14.9. The summed E-state index contributed by atoms with van der Waals surface area (Å²) in [5, 5.41) is 7.16. The maximum absolute atomic E-state index is 6.92. The zero-order valence-electron chi connectivity index (χ0n) is 27.6. The minimum atomic E-state index is 0.242. The summed E-state index contributed by atoms with van der Waals surface area (Å²) in [7, 11) is 0. The van der Waals surface area contributed by atoms with E-state index in [1.54, 1.807) is 0 Å². The molecule has 0 spiro atoms. The topological polar surface area (TPSA) is 121 Å². The van der Waals surface area contributed by atoms with Crippen LogP contribution >= 0.6 is 0 Å². The first-order chi connectivity index (χ1) is 20.5. The van der Waals surface area contributed by atoms with Crippen molar-refractivity contribution in [3.8, 4) is 0 Å². The van der Waals surface area contributed by atoms with Gasteiger partial charge in [0.1, 0.15) is 0 Å². The van der Waals surface area contributed by atoms with Crippen LogP contribution in [-0.2, 0) is 9.47 Å². The van der Waals surface area contributed by atoms with E-state index in [4.69, 9.17) is 26.7 Å². The SMILES string of the molecule is CC12CCCCC1C[C@@H](OCCCN)C1C3CCC(CCCCNCCCNCCCN)C3(C)[C@@H](OCCCN)C[C@@H]12. The Kier molecular flexibility index (Phi) is 14.4. The smallest absolute Gasteiger partial charge is 0.0637 e. The van der Waals surface area contributed by atoms with E-state index in [0.717, 1.165) is 90.1 Å². The standard InChI is InChI=1S/C35H69N5O2/c1-34-15-5-3-12-28(34)25-31(41-23-8-17-37)33-29-14-13-27(11-4-6-19-39-21-10-22-40-20-7-16-36)35(29,2)32(26-30(33)34)42-24-9-18-38/h27-33,39-40H,3-26,36-38H2,1-2H3/t27?,28?,29?,30-,31+,32-,33?,34?,35?/m0/s1. The first-order valence-corrected chi connectivity index (χ1v) is 18.3. The fourth-order valence-electron chi connectivity index (χ4n) is 10.3. The van der Waals surface area contributed by atoms with Gasteiger partial charge in [0.25, 0.3) is 0 Å². The molecule has 0 aliphatic heterocycles. The third-order valence-corrected chi connectivity index (χ3v) is 12.6. The van der Waals surface area contributed by atoms with Gasteiger partial charge in [0.2, 0.25) is 0 Å². The van der Waals surface area contributed by atoms with Crippen LogP contribution in [0.15, 0.2) is 0 Å². The van der Waals surface area contributed by atoms with Gasteiger partial charge >= 0.3 is 0 Å². The van der Waals surface area contributed by atoms with Crippen molar-refractivity contribution in [2.24, 2.45) is 57.6 Å². The van der Waals surface area contributed by atoms with Crippen molar-refractivity contribution in [1.29, 1.82) is 0 Å². The molecule has 42 heavy (non-hydrogen) atoms. The Morgan fingerprint density at radius 3 is 2.12 bits per heavy atom. The molecule has 0 aromatic carbocycles. The predicted molar refractivity (Wildman–Crippen MR) is 175 cm³/mol. The number of unbranched alkanes of at least 4 members (excludes halogenated alkanes) is 1. The Bertz CT molecular complexity index is 757. The Labute approximate surface area is 258 Å². The van der Waals surface area contributed by atoms with Crippen LogP contribution < -0.4 is 27.8 Å². The lowest BCUT2D eigenvalue weighted by Gasteiger charge is -2.64. The Hall–Kier alpha value is -0.280. The molecule has 0 aromatic heterocycles. The highest BCUT2D eigenvalue weighted by Gasteiger charge is 2.65. The van der Waals surface area contributed by atoms with Crippen molar-refractivity contribution in [2.75, 3.05) is 59.0 Å². The molecular weight excluding hydrogens is 522 g/mol. The van der Waals surface area contributed by atoms with Crippen LogP contribution in [0.2, 0.25) is 0 Å². The van der Waals surface area contributed by atoms with Crippen molar-refractivity contribution in [2.45, 2.75) is 122 Å². The maximum atomic E-state index is 6.92. The normalized spacial score (nSPS) is 37.8. The van der Waals surface area contributed by atoms with Gasteiger partial charge in [0.15, 0.2) is 0 Å². The zero-order valence-corrected chi connectivity index (χ0v) is 27.6. The monoisotopic (exact) mass is 592 g/mol. The molecule has 6 unspecified atom stereocenters. The summed E-state index contributed by atoms with van der Waals surface area (Å²) in [6.07, 6.45) is 19.7. The van der Waals surface area contributed by atoms with Gasteiger partial charge in [-0.05, 0) is 163 Å². The lowest BCUT2D eigenvalue weighted by molar-refractivity contribution is -0.219. The summed E-state index contributed by atoms with van der Waals surface area (Å²) < 4.78 is 13.7. The molecule has 4 saturated carbocycles. The van der Waals surface area contributed by atoms with Gasteiger partial charge in [-0.25, -0.2) is 0 Å². The Morgan fingerprint density at radius 1 is 0.690 bits per heavy atom. The molecule has 4 aliphatic carbocycles. The molecule has 8 N–H and O–H groups in total. The summed E-state index contributed by atoms with van der Waals surface area (Å²) in [6.45, 7) is 13.5. The van der Waals surface area contributed by atoms with E-state index in [2.05, 4.69) is 24.5 Å². The molecule has 9 atom stereocenters. The molecule has 0 radical (unpaired) electrons. The van der Waals surface area contributed by atoms with E-state index >= 15 is 0 Å². The van der Waals surface area contributed by atoms with Crippen LogP contribution in [-0.4, -0.2) is 71.2 Å². The second-order valence-electron chi connectivity index (χ2n) is 14.9. The maximum Gasteiger partial charge on any atom is 0.0637 e. The third-order valence-electron chi connectivity index (χ3n) is 12.6. The van der Waals surface area contributed by atoms with Gasteiger partial charge in [-0.15, -0.1) is 0 Å². The number of rotatable bonds is 20. The number of nitrogens with one attached hydrogen (secondary N) is 2. The number of nitrogens with two attached hydrogens (primary N) is 3. The van der Waals surface area contributed by atoms with Crippen molar-refractivity contribution in [3.63, 3.8) is 0 Å². The average molecular weight is 592 g/mol. The highest BCUT2D eigenvalue weighted by molar-refractivity contribution is 5.14. The van der Waals surface area contributed by atoms with Gasteiger partial charge < -0.3 is 37.3 Å². The van der Waals surface area contributed by atoms with E-state index in [-0.39, 0.29) is 5.41 Å². The minimum absolute atomic E-state index is 0.242. The van der Waals surface area contributed by atoms with E-state index < -0.39 is 0 Å². The molecule has 0 heterocycles. The van der Waals surface area contributed by atoms with Gasteiger partial charge in [0.05, 0.1) is 12.2 Å². The fourth-order valence-corrected chi connectivity index (χ4v) is 10.3. The van der Waals surface area contributed by atoms with Crippen LogP contribution in [0.25, 0.3) is 0 Å². The quantitative estimate of drug-likeness (QED) is 0.129. The molecule has 0 saturated heterocycles. The van der Waals surface area contributed by atoms with Gasteiger partial charge in [0, 0.05) is 13.2 Å². The fraction of sp³-hybridized carbons (Fsp3) is 1.00. The number of hydrogen-bond acceptors (Lipinski definition) is 7. The van der Waals surface area contributed by atoms with Crippen LogP contribution in [0.3, 0.4) is 0 Å². The molecule has 4 rings (SSSR count). The minimum Gasteiger partial charge on any atom is -0.378 e. The average Bonchev–Trinajstić information content (AvgIpc) is 3.33. The van der Waals surface area contributed by atoms with E-state index in [9.17, 15) is 0 Å². The van der Waals surface area contributed by atoms with Gasteiger partial charge in [-0.1, -0.05) is 33.1 Å². The summed E-state index contributed by atoms with van der Waals surface area (Å²) >= 11 is 0. The van der Waals surface area contributed by atoms with Gasteiger partial charge in [-0.3, -0.25) is 0 Å². The van der Waals surface area contributed by atoms with Crippen molar-refractivity contribution in [3.05, 3.63) is 0 Å². The Balaban J connectivity index is 1.40. The molecular formula is C35H69N5O2. The third kappa shape index (κ3) is 8.10. The van der Waals surface area contributed by atoms with Crippen molar-refractivity contribution >= 4 is 0 Å². The molecule has 0 amide bonds. The summed E-state index contributed by atoms with van der Waals surface area (Å²) in [6, 6.07) is 0. The summed E-state index contributed by atoms with van der Waals surface area (Å²) in [5.74, 6) is 3.65. The number of fused-ring (bicyclic) bond motifs is 5. The lowest BCUT2D eigenvalue weighted by atomic mass is 9.43. The lowest BCUT2D eigenvalue weighted by Crippen LogP contribution is -2.62. The van der Waals surface area contributed by atoms with Crippen LogP contribution in [0, 0.1) is 40.4 Å².